The van der Waals surface area contributed by atoms with Gasteiger partial charge >= 0.3 is 0 Å². The molecular weight excluding hydrogens is 326 g/mol. The molecule has 1 aromatic rings. The van der Waals surface area contributed by atoms with E-state index in [1.807, 2.05) is 12.1 Å². The largest absolute Gasteiger partial charge is 0.495 e. The van der Waals surface area contributed by atoms with Gasteiger partial charge in [-0.1, -0.05) is 26.0 Å². The van der Waals surface area contributed by atoms with Crippen LogP contribution in [0.4, 0.5) is 5.69 Å². The van der Waals surface area contributed by atoms with Gasteiger partial charge in [0.25, 0.3) is 0 Å². The van der Waals surface area contributed by atoms with Gasteiger partial charge in [0.1, 0.15) is 5.75 Å². The van der Waals surface area contributed by atoms with Gasteiger partial charge in [0, 0.05) is 39.3 Å². The fourth-order valence-electron chi connectivity index (χ4n) is 4.50. The van der Waals surface area contributed by atoms with Gasteiger partial charge in [0.2, 0.25) is 5.91 Å². The summed E-state index contributed by atoms with van der Waals surface area (Å²) in [7, 11) is 1.72. The zero-order valence-corrected chi connectivity index (χ0v) is 16.6. The van der Waals surface area contributed by atoms with E-state index in [1.165, 1.54) is 6.42 Å². The van der Waals surface area contributed by atoms with Crippen LogP contribution in [0.5, 0.6) is 5.75 Å². The highest BCUT2D eigenvalue weighted by molar-refractivity contribution is 5.81. The molecule has 26 heavy (non-hydrogen) atoms. The fraction of sp³-hybridized carbons (Fsp3) is 0.667. The normalized spacial score (nSPS) is 25.8. The van der Waals surface area contributed by atoms with Gasteiger partial charge in [0.05, 0.1) is 18.8 Å². The summed E-state index contributed by atoms with van der Waals surface area (Å²) in [6, 6.07) is 8.13. The third kappa shape index (κ3) is 4.14. The Kier molecular flexibility index (Phi) is 6.07. The third-order valence-corrected chi connectivity index (χ3v) is 5.83. The van der Waals surface area contributed by atoms with Crippen molar-refractivity contribution in [1.29, 1.82) is 0 Å². The lowest BCUT2D eigenvalue weighted by molar-refractivity contribution is -0.139. The molecule has 0 aliphatic carbocycles. The van der Waals surface area contributed by atoms with Gasteiger partial charge in [-0.2, -0.15) is 0 Å². The number of methoxy groups -OCH3 is 1. The lowest BCUT2D eigenvalue weighted by atomic mass is 9.91. The topological polar surface area (TPSA) is 36.0 Å². The quantitative estimate of drug-likeness (QED) is 0.828. The maximum absolute atomic E-state index is 13.0. The van der Waals surface area contributed by atoms with E-state index in [1.54, 1.807) is 7.11 Å². The van der Waals surface area contributed by atoms with E-state index in [4.69, 9.17) is 4.74 Å². The molecule has 0 spiro atoms. The molecule has 3 atom stereocenters. The summed E-state index contributed by atoms with van der Waals surface area (Å²) in [5, 5.41) is 0. The van der Waals surface area contributed by atoms with Gasteiger partial charge in [-0.3, -0.25) is 9.69 Å². The van der Waals surface area contributed by atoms with Crippen LogP contribution in [0.1, 0.15) is 27.2 Å². The van der Waals surface area contributed by atoms with Crippen LogP contribution >= 0.6 is 0 Å². The number of nitrogens with zero attached hydrogens (tertiary/aromatic N) is 3. The highest BCUT2D eigenvalue weighted by Crippen LogP contribution is 2.29. The van der Waals surface area contributed by atoms with Crippen LogP contribution in [0.15, 0.2) is 24.3 Å². The van der Waals surface area contributed by atoms with E-state index in [0.717, 1.165) is 50.7 Å². The molecule has 2 fully saturated rings. The average molecular weight is 360 g/mol. The lowest BCUT2D eigenvalue weighted by Crippen LogP contribution is -2.56. The van der Waals surface area contributed by atoms with Crippen molar-refractivity contribution in [3.63, 3.8) is 0 Å². The first-order chi connectivity index (χ1) is 12.5. The van der Waals surface area contributed by atoms with Crippen LogP contribution in [-0.2, 0) is 4.79 Å². The van der Waals surface area contributed by atoms with E-state index in [9.17, 15) is 4.79 Å². The Balaban J connectivity index is 1.58. The molecule has 0 aromatic heterocycles. The predicted molar refractivity (Wildman–Crippen MR) is 106 cm³/mol. The number of ether oxygens (including phenoxy) is 1. The molecule has 0 radical (unpaired) electrons. The Morgan fingerprint density at radius 3 is 2.31 bits per heavy atom. The number of amides is 1. The molecule has 5 nitrogen and oxygen atoms in total. The summed E-state index contributed by atoms with van der Waals surface area (Å²) < 4.78 is 5.49. The van der Waals surface area contributed by atoms with Crippen molar-refractivity contribution in [2.45, 2.75) is 33.2 Å². The van der Waals surface area contributed by atoms with Crippen molar-refractivity contribution in [2.24, 2.45) is 11.8 Å². The van der Waals surface area contributed by atoms with E-state index >= 15 is 0 Å². The van der Waals surface area contributed by atoms with Crippen molar-refractivity contribution < 1.29 is 9.53 Å². The van der Waals surface area contributed by atoms with Gasteiger partial charge in [0.15, 0.2) is 0 Å². The maximum atomic E-state index is 13.0. The van der Waals surface area contributed by atoms with Gasteiger partial charge in [-0.05, 0) is 37.3 Å². The molecule has 2 heterocycles. The molecule has 0 unspecified atom stereocenters. The highest BCUT2D eigenvalue weighted by atomic mass is 16.5. The Bertz CT molecular complexity index is 603. The Morgan fingerprint density at radius 2 is 1.69 bits per heavy atom. The monoisotopic (exact) mass is 359 g/mol. The number of hydrogen-bond acceptors (Lipinski definition) is 4. The van der Waals surface area contributed by atoms with Crippen LogP contribution in [0.3, 0.4) is 0 Å². The SMILES string of the molecule is COc1ccccc1N1CCN([C@@H](C)C(=O)N2C[C@H](C)C[C@H](C)C2)CC1. The van der Waals surface area contributed by atoms with Crippen molar-refractivity contribution in [3.8, 4) is 5.75 Å². The van der Waals surface area contributed by atoms with Crippen molar-refractivity contribution in [1.82, 2.24) is 9.80 Å². The zero-order chi connectivity index (χ0) is 18.7. The minimum absolute atomic E-state index is 0.0349. The number of anilines is 1. The van der Waals surface area contributed by atoms with Crippen LogP contribution in [-0.4, -0.2) is 68.1 Å². The summed E-state index contributed by atoms with van der Waals surface area (Å²) in [6.07, 6.45) is 1.23. The predicted octanol–water partition coefficient (Wildman–Crippen LogP) is 2.71. The van der Waals surface area contributed by atoms with E-state index in [2.05, 4.69) is 47.6 Å². The molecule has 0 N–H and O–H groups in total. The van der Waals surface area contributed by atoms with Gasteiger partial charge < -0.3 is 14.5 Å². The summed E-state index contributed by atoms with van der Waals surface area (Å²) in [6.45, 7) is 12.1. The molecule has 0 bridgehead atoms. The second-order valence-corrected chi connectivity index (χ2v) is 8.06. The number of piperazine rings is 1. The molecule has 1 aromatic carbocycles. The van der Waals surface area contributed by atoms with E-state index < -0.39 is 0 Å². The van der Waals surface area contributed by atoms with Crippen molar-refractivity contribution in [3.05, 3.63) is 24.3 Å². The lowest BCUT2D eigenvalue weighted by Gasteiger charge is -2.42. The second kappa shape index (κ2) is 8.30. The highest BCUT2D eigenvalue weighted by Gasteiger charge is 2.32. The Morgan fingerprint density at radius 1 is 1.08 bits per heavy atom. The Labute approximate surface area is 157 Å². The first-order valence-electron chi connectivity index (χ1n) is 9.90. The number of hydrogen-bond donors (Lipinski definition) is 0. The molecule has 2 aliphatic heterocycles. The molecule has 0 saturated carbocycles. The molecular formula is C21H33N3O2. The molecule has 5 heteroatoms. The van der Waals surface area contributed by atoms with Crippen LogP contribution in [0.25, 0.3) is 0 Å². The van der Waals surface area contributed by atoms with Crippen LogP contribution in [0, 0.1) is 11.8 Å². The number of para-hydroxylation sites is 2. The molecule has 2 saturated heterocycles. The number of carbonyl (C=O) groups is 1. The minimum atomic E-state index is -0.0349. The molecule has 144 valence electrons. The Hall–Kier alpha value is -1.75. The molecule has 1 amide bonds. The van der Waals surface area contributed by atoms with Crippen LogP contribution in [0.2, 0.25) is 0 Å². The van der Waals surface area contributed by atoms with E-state index in [-0.39, 0.29) is 6.04 Å². The second-order valence-electron chi connectivity index (χ2n) is 8.06. The zero-order valence-electron chi connectivity index (χ0n) is 16.6. The third-order valence-electron chi connectivity index (χ3n) is 5.83. The summed E-state index contributed by atoms with van der Waals surface area (Å²) in [4.78, 5) is 19.8. The first kappa shape index (κ1) is 19.0. The van der Waals surface area contributed by atoms with Crippen molar-refractivity contribution in [2.75, 3.05) is 51.3 Å². The number of benzene rings is 1. The smallest absolute Gasteiger partial charge is 0.239 e. The van der Waals surface area contributed by atoms with Gasteiger partial charge in [-0.25, -0.2) is 0 Å². The van der Waals surface area contributed by atoms with E-state index in [0.29, 0.717) is 17.7 Å². The van der Waals surface area contributed by atoms with Crippen LogP contribution < -0.4 is 9.64 Å². The molecule has 2 aliphatic rings. The summed E-state index contributed by atoms with van der Waals surface area (Å²) in [5.41, 5.74) is 1.15. The summed E-state index contributed by atoms with van der Waals surface area (Å²) >= 11 is 0. The fourth-order valence-corrected chi connectivity index (χ4v) is 4.50. The average Bonchev–Trinajstić information content (AvgIpc) is 2.66. The standard InChI is InChI=1S/C21H33N3O2/c1-16-13-17(2)15-24(14-16)21(25)18(3)22-9-11-23(12-10-22)19-7-5-6-8-20(19)26-4/h5-8,16-18H,9-15H2,1-4H3/t16-,17+,18-/m0/s1. The molecule has 3 rings (SSSR count). The van der Waals surface area contributed by atoms with Crippen molar-refractivity contribution >= 4 is 11.6 Å². The first-order valence-corrected chi connectivity index (χ1v) is 9.90. The van der Waals surface area contributed by atoms with Gasteiger partial charge in [-0.15, -0.1) is 0 Å². The summed E-state index contributed by atoms with van der Waals surface area (Å²) in [5.74, 6) is 2.44. The maximum Gasteiger partial charge on any atom is 0.239 e. The number of likely N-dealkylation sites (tertiary alicyclic amines) is 1. The number of carbonyl (C=O) groups excluding carboxylic acids is 1. The number of rotatable bonds is 4. The minimum Gasteiger partial charge on any atom is -0.495 e. The number of piperidine rings is 1.